The number of ether oxygens (including phenoxy) is 2. The number of carbonyl (C=O) groups excluding carboxylic acids is 2. The van der Waals surface area contributed by atoms with Gasteiger partial charge in [0.1, 0.15) is 6.61 Å². The number of esters is 2. The van der Waals surface area contributed by atoms with Crippen molar-refractivity contribution in [3.63, 3.8) is 0 Å². The van der Waals surface area contributed by atoms with Gasteiger partial charge in [0.05, 0.1) is 6.61 Å². The molecular weight excluding hydrogens is 1080 g/mol. The highest BCUT2D eigenvalue weighted by atomic mass is 16.6. The van der Waals surface area contributed by atoms with E-state index in [9.17, 15) is 14.7 Å². The first-order valence-corrected chi connectivity index (χ1v) is 34.2. The van der Waals surface area contributed by atoms with Gasteiger partial charge in [-0.25, -0.2) is 0 Å². The van der Waals surface area contributed by atoms with E-state index in [0.29, 0.717) is 12.8 Å². The predicted octanol–water partition coefficient (Wildman–Crippen LogP) is 24.4. The molecule has 5 heteroatoms. The summed E-state index contributed by atoms with van der Waals surface area (Å²) in [5.74, 6) is -0.664. The lowest BCUT2D eigenvalue weighted by Gasteiger charge is -2.15. The normalized spacial score (nSPS) is 13.9. The smallest absolute Gasteiger partial charge is 0.306 e. The monoisotopic (exact) mass is 1200 g/mol. The van der Waals surface area contributed by atoms with E-state index in [-0.39, 0.29) is 25.2 Å². The zero-order chi connectivity index (χ0) is 63.3. The molecule has 0 saturated heterocycles. The van der Waals surface area contributed by atoms with E-state index in [1.54, 1.807) is 0 Å². The minimum Gasteiger partial charge on any atom is -0.462 e. The van der Waals surface area contributed by atoms with Crippen LogP contribution >= 0.6 is 0 Å². The van der Waals surface area contributed by atoms with Crippen LogP contribution < -0.4 is 0 Å². The van der Waals surface area contributed by atoms with Crippen LogP contribution in [0.4, 0.5) is 0 Å². The van der Waals surface area contributed by atoms with Gasteiger partial charge in [0, 0.05) is 12.8 Å². The summed E-state index contributed by atoms with van der Waals surface area (Å²) in [6, 6.07) is 0. The van der Waals surface area contributed by atoms with Gasteiger partial charge in [-0.3, -0.25) is 9.59 Å². The molecule has 0 amide bonds. The average molecular weight is 1200 g/mol. The molecule has 0 aliphatic rings. The Hall–Kier alpha value is -6.56. The summed E-state index contributed by atoms with van der Waals surface area (Å²) in [4.78, 5) is 24.6. The van der Waals surface area contributed by atoms with Crippen molar-refractivity contribution in [2.24, 2.45) is 0 Å². The van der Waals surface area contributed by atoms with Gasteiger partial charge in [0.15, 0.2) is 6.10 Å². The van der Waals surface area contributed by atoms with Crippen LogP contribution in [0.15, 0.2) is 255 Å². The van der Waals surface area contributed by atoms with Gasteiger partial charge in [-0.05, 0) is 173 Å². The molecule has 0 aromatic heterocycles. The van der Waals surface area contributed by atoms with Crippen molar-refractivity contribution in [2.75, 3.05) is 13.2 Å². The summed E-state index contributed by atoms with van der Waals surface area (Å²) < 4.78 is 10.7. The Morgan fingerprint density at radius 2 is 0.455 bits per heavy atom. The fourth-order valence-corrected chi connectivity index (χ4v) is 8.29. The van der Waals surface area contributed by atoms with Crippen molar-refractivity contribution in [3.8, 4) is 0 Å². The summed E-state index contributed by atoms with van der Waals surface area (Å²) >= 11 is 0. The SMILES string of the molecule is CC/C=C\C/C=C\C/C=C\C/C=C\C/C=C\C/C=C\C/C=C\C/C=C\C/C=C\C/C=C\C/C=C\CCCCCCCC(=O)OC(CO)COC(=O)CCCCCC/C=C\C/C=C\C/C=C\C/C=C\C/C=C\C/C=C\C/C=C\C/C=C\C/C=C\C/C=C\CC. The van der Waals surface area contributed by atoms with Crippen molar-refractivity contribution in [3.05, 3.63) is 255 Å². The molecule has 0 saturated carbocycles. The molecule has 5 nitrogen and oxygen atoms in total. The molecule has 0 heterocycles. The molecule has 0 bridgehead atoms. The Bertz CT molecular complexity index is 2240. The third-order valence-electron chi connectivity index (χ3n) is 13.3. The highest BCUT2D eigenvalue weighted by Crippen LogP contribution is 2.12. The summed E-state index contributed by atoms with van der Waals surface area (Å²) in [6.07, 6.45) is 125. The zero-order valence-corrected chi connectivity index (χ0v) is 55.4. The van der Waals surface area contributed by atoms with Crippen molar-refractivity contribution in [1.29, 1.82) is 0 Å². The maximum absolute atomic E-state index is 12.4. The maximum atomic E-state index is 12.4. The lowest BCUT2D eigenvalue weighted by molar-refractivity contribution is -0.161. The van der Waals surface area contributed by atoms with Crippen LogP contribution in [0.1, 0.15) is 232 Å². The topological polar surface area (TPSA) is 72.8 Å². The van der Waals surface area contributed by atoms with Crippen molar-refractivity contribution < 1.29 is 24.2 Å². The number of hydrogen-bond donors (Lipinski definition) is 1. The van der Waals surface area contributed by atoms with E-state index in [2.05, 4.69) is 269 Å². The molecule has 0 fully saturated rings. The van der Waals surface area contributed by atoms with Crippen LogP contribution in [0, 0.1) is 0 Å². The van der Waals surface area contributed by atoms with Gasteiger partial charge < -0.3 is 14.6 Å². The fourth-order valence-electron chi connectivity index (χ4n) is 8.29. The standard InChI is InChI=1S/C83H122O5/c1-3-5-7-9-11-13-15-17-19-21-23-25-27-29-31-33-35-37-39-40-41-42-44-46-48-50-52-54-56-58-60-62-64-66-68-70-72-74-76-78-83(86)88-81(79-84)80-87-82(85)77-75-73-71-69-67-65-63-61-59-57-55-53-51-49-47-45-43-38-36-34-32-30-28-26-24-22-20-18-16-14-12-10-8-6-4-2/h5-8,11-14,17-20,23-26,29-32,35-38,40-41,44-47,50-53,56-59,62-65,81,84H,3-4,9-10,15-16,21-22,27-28,33-34,39,42-43,48-49,54-55,60-61,66-80H2,1-2H3/b7-5-,8-6-,13-11-,14-12-,19-17-,20-18-,25-23-,26-24-,31-29-,32-30-,37-35-,38-36-,41-40-,46-44-,47-45-,52-50-,53-51-,58-56-,59-57-,64-62-,65-63-. The maximum Gasteiger partial charge on any atom is 0.306 e. The molecule has 0 aromatic rings. The molecule has 1 unspecified atom stereocenters. The van der Waals surface area contributed by atoms with Gasteiger partial charge in [-0.1, -0.05) is 301 Å². The minimum atomic E-state index is -0.817. The van der Waals surface area contributed by atoms with Crippen LogP contribution in [0.2, 0.25) is 0 Å². The van der Waals surface area contributed by atoms with Gasteiger partial charge in [-0.2, -0.15) is 0 Å². The number of hydrogen-bond acceptors (Lipinski definition) is 5. The number of unbranched alkanes of at least 4 members (excludes halogenated alkanes) is 9. The number of aliphatic hydroxyl groups is 1. The van der Waals surface area contributed by atoms with Gasteiger partial charge >= 0.3 is 11.9 Å². The first kappa shape index (κ1) is 81.4. The molecule has 0 spiro atoms. The molecule has 88 heavy (non-hydrogen) atoms. The Balaban J connectivity index is 3.72. The molecule has 1 atom stereocenters. The van der Waals surface area contributed by atoms with Crippen molar-refractivity contribution in [2.45, 2.75) is 238 Å². The van der Waals surface area contributed by atoms with E-state index >= 15 is 0 Å². The number of allylic oxidation sites excluding steroid dienone is 42. The molecule has 0 aliphatic carbocycles. The first-order chi connectivity index (χ1) is 43.6. The highest BCUT2D eigenvalue weighted by molar-refractivity contribution is 5.70. The molecule has 0 radical (unpaired) electrons. The van der Waals surface area contributed by atoms with Gasteiger partial charge in [-0.15, -0.1) is 0 Å². The molecule has 1 N–H and O–H groups in total. The largest absolute Gasteiger partial charge is 0.462 e. The van der Waals surface area contributed by atoms with Crippen LogP contribution in [-0.4, -0.2) is 36.4 Å². The van der Waals surface area contributed by atoms with Crippen LogP contribution in [0.5, 0.6) is 0 Å². The number of rotatable bonds is 59. The summed E-state index contributed by atoms with van der Waals surface area (Å²) in [7, 11) is 0. The zero-order valence-electron chi connectivity index (χ0n) is 55.4. The molecule has 0 rings (SSSR count). The molecule has 0 aromatic carbocycles. The Labute approximate surface area is 540 Å². The summed E-state index contributed by atoms with van der Waals surface area (Å²) in [6.45, 7) is 3.85. The van der Waals surface area contributed by atoms with E-state index in [0.717, 1.165) is 205 Å². The minimum absolute atomic E-state index is 0.106. The first-order valence-electron chi connectivity index (χ1n) is 34.2. The van der Waals surface area contributed by atoms with Crippen molar-refractivity contribution >= 4 is 11.9 Å². The second-order valence-corrected chi connectivity index (χ2v) is 21.4. The van der Waals surface area contributed by atoms with Crippen LogP contribution in [0.25, 0.3) is 0 Å². The number of carbonyl (C=O) groups is 2. The second-order valence-electron chi connectivity index (χ2n) is 21.4. The van der Waals surface area contributed by atoms with E-state index in [4.69, 9.17) is 9.47 Å². The molecular formula is C83H122O5. The Kier molecular flexibility index (Phi) is 69.1. The van der Waals surface area contributed by atoms with E-state index < -0.39 is 6.10 Å². The highest BCUT2D eigenvalue weighted by Gasteiger charge is 2.16. The fraction of sp³-hybridized carbons (Fsp3) is 0.470. The Morgan fingerprint density at radius 3 is 0.682 bits per heavy atom. The third-order valence-corrected chi connectivity index (χ3v) is 13.3. The lowest BCUT2D eigenvalue weighted by atomic mass is 10.1. The third kappa shape index (κ3) is 71.9. The molecule has 0 aliphatic heterocycles. The quantitative estimate of drug-likeness (QED) is 0.0373. The van der Waals surface area contributed by atoms with E-state index in [1.807, 2.05) is 0 Å². The van der Waals surface area contributed by atoms with Crippen LogP contribution in [0.3, 0.4) is 0 Å². The summed E-state index contributed by atoms with van der Waals surface area (Å²) in [5, 5.41) is 9.69. The second kappa shape index (κ2) is 74.7. The summed E-state index contributed by atoms with van der Waals surface area (Å²) in [5.41, 5.74) is 0. The van der Waals surface area contributed by atoms with Crippen molar-refractivity contribution in [1.82, 2.24) is 0 Å². The predicted molar refractivity (Wildman–Crippen MR) is 388 cm³/mol. The van der Waals surface area contributed by atoms with Crippen LogP contribution in [-0.2, 0) is 19.1 Å². The van der Waals surface area contributed by atoms with Gasteiger partial charge in [0.25, 0.3) is 0 Å². The van der Waals surface area contributed by atoms with E-state index in [1.165, 1.54) is 0 Å². The number of aliphatic hydroxyl groups excluding tert-OH is 1. The van der Waals surface area contributed by atoms with Gasteiger partial charge in [0.2, 0.25) is 0 Å². The molecule has 484 valence electrons. The lowest BCUT2D eigenvalue weighted by Crippen LogP contribution is -2.28. The Morgan fingerprint density at radius 1 is 0.261 bits per heavy atom. The average Bonchev–Trinajstić information content (AvgIpc) is 3.54.